The quantitative estimate of drug-likeness (QED) is 0.167. The molecular weight excluding hydrogens is 761 g/mol. The van der Waals surface area contributed by atoms with E-state index in [1.807, 2.05) is 23.5 Å². The highest BCUT2D eigenvalue weighted by molar-refractivity contribution is 7.26. The van der Waals surface area contributed by atoms with Crippen LogP contribution in [0.4, 0.5) is 34.1 Å². The molecule has 0 atom stereocenters. The van der Waals surface area contributed by atoms with Crippen LogP contribution >= 0.6 is 11.3 Å². The number of fused-ring (bicyclic) bond motifs is 8. The third-order valence-corrected chi connectivity index (χ3v) is 13.9. The van der Waals surface area contributed by atoms with E-state index in [2.05, 4.69) is 218 Å². The van der Waals surface area contributed by atoms with E-state index in [0.29, 0.717) is 0 Å². The van der Waals surface area contributed by atoms with Crippen molar-refractivity contribution in [1.82, 2.24) is 0 Å². The van der Waals surface area contributed by atoms with E-state index in [9.17, 15) is 0 Å². The smallest absolute Gasteiger partial charge is 0.152 e. The zero-order valence-electron chi connectivity index (χ0n) is 33.8. The summed E-state index contributed by atoms with van der Waals surface area (Å²) in [6.07, 6.45) is 0. The van der Waals surface area contributed by atoms with Gasteiger partial charge in [-0.05, 0) is 123 Å². The van der Waals surface area contributed by atoms with Gasteiger partial charge >= 0.3 is 0 Å². The Hall–Kier alpha value is -7.40. The second-order valence-electron chi connectivity index (χ2n) is 16.5. The largest absolute Gasteiger partial charge is 0.453 e. The zero-order chi connectivity index (χ0) is 40.7. The topological polar surface area (TPSA) is 15.7 Å². The van der Waals surface area contributed by atoms with Gasteiger partial charge in [0.05, 0.1) is 11.4 Å². The van der Waals surface area contributed by atoms with Gasteiger partial charge in [-0.3, -0.25) is 0 Å². The van der Waals surface area contributed by atoms with E-state index in [0.717, 1.165) is 56.8 Å². The minimum Gasteiger partial charge on any atom is -0.453 e. The normalized spacial score (nSPS) is 13.3. The fourth-order valence-electron chi connectivity index (χ4n) is 9.64. The number of rotatable bonds is 6. The number of benzene rings is 9. The molecule has 9 aromatic carbocycles. The van der Waals surface area contributed by atoms with Gasteiger partial charge in [-0.1, -0.05) is 141 Å². The molecule has 1 aliphatic carbocycles. The molecule has 0 radical (unpaired) electrons. The molecular formula is C57H40N2OS. The Morgan fingerprint density at radius 2 is 1.07 bits per heavy atom. The summed E-state index contributed by atoms with van der Waals surface area (Å²) in [6.45, 7) is 4.70. The Morgan fingerprint density at radius 1 is 0.443 bits per heavy atom. The second kappa shape index (κ2) is 13.8. The molecule has 12 rings (SSSR count). The highest BCUT2D eigenvalue weighted by Gasteiger charge is 2.36. The van der Waals surface area contributed by atoms with Crippen molar-refractivity contribution in [3.05, 3.63) is 217 Å². The maximum Gasteiger partial charge on any atom is 0.152 e. The lowest BCUT2D eigenvalue weighted by atomic mass is 9.82. The maximum atomic E-state index is 6.58. The van der Waals surface area contributed by atoms with Crippen molar-refractivity contribution in [1.29, 1.82) is 0 Å². The van der Waals surface area contributed by atoms with Gasteiger partial charge in [0, 0.05) is 48.3 Å². The minimum absolute atomic E-state index is 0.116. The molecule has 3 nitrogen and oxygen atoms in total. The Morgan fingerprint density at radius 3 is 1.90 bits per heavy atom. The first kappa shape index (κ1) is 35.5. The lowest BCUT2D eigenvalue weighted by molar-refractivity contribution is 0.477. The van der Waals surface area contributed by atoms with Crippen LogP contribution in [0.2, 0.25) is 0 Å². The molecule has 10 aromatic rings. The van der Waals surface area contributed by atoms with Crippen molar-refractivity contribution in [3.8, 4) is 44.9 Å². The van der Waals surface area contributed by atoms with Crippen molar-refractivity contribution < 1.29 is 4.74 Å². The number of nitrogens with zero attached hydrogens (tertiary/aromatic N) is 2. The molecule has 0 spiro atoms. The van der Waals surface area contributed by atoms with Crippen molar-refractivity contribution in [3.63, 3.8) is 0 Å². The molecule has 0 fully saturated rings. The lowest BCUT2D eigenvalue weighted by Crippen LogP contribution is -2.16. The van der Waals surface area contributed by atoms with Gasteiger partial charge in [0.1, 0.15) is 0 Å². The second-order valence-corrected chi connectivity index (χ2v) is 17.6. The first-order valence-electron chi connectivity index (χ1n) is 20.9. The fourth-order valence-corrected chi connectivity index (χ4v) is 10.9. The van der Waals surface area contributed by atoms with Crippen molar-refractivity contribution in [2.75, 3.05) is 9.80 Å². The van der Waals surface area contributed by atoms with Gasteiger partial charge in [-0.15, -0.1) is 11.3 Å². The van der Waals surface area contributed by atoms with Gasteiger partial charge in [-0.2, -0.15) is 0 Å². The summed E-state index contributed by atoms with van der Waals surface area (Å²) >= 11 is 1.88. The third kappa shape index (κ3) is 5.71. The Kier molecular flexibility index (Phi) is 8.06. The average Bonchev–Trinajstić information content (AvgIpc) is 3.81. The van der Waals surface area contributed by atoms with Gasteiger partial charge in [0.15, 0.2) is 11.5 Å². The summed E-state index contributed by atoms with van der Waals surface area (Å²) < 4.78 is 9.22. The van der Waals surface area contributed by atoms with E-state index in [1.54, 1.807) is 0 Å². The van der Waals surface area contributed by atoms with Crippen molar-refractivity contribution in [2.45, 2.75) is 19.3 Å². The molecule has 0 saturated heterocycles. The predicted octanol–water partition coefficient (Wildman–Crippen LogP) is 16.7. The van der Waals surface area contributed by atoms with Crippen LogP contribution in [-0.2, 0) is 5.41 Å². The van der Waals surface area contributed by atoms with Crippen LogP contribution in [0.15, 0.2) is 206 Å². The van der Waals surface area contributed by atoms with Crippen LogP contribution in [-0.4, -0.2) is 0 Å². The molecule has 1 aliphatic heterocycles. The van der Waals surface area contributed by atoms with Crippen LogP contribution in [0, 0.1) is 0 Å². The summed E-state index contributed by atoms with van der Waals surface area (Å²) in [4.78, 5) is 4.68. The molecule has 0 amide bonds. The Bertz CT molecular complexity index is 3310. The van der Waals surface area contributed by atoms with Crippen molar-refractivity contribution >= 4 is 65.6 Å². The van der Waals surface area contributed by atoms with E-state index < -0.39 is 0 Å². The molecule has 0 saturated carbocycles. The molecule has 61 heavy (non-hydrogen) atoms. The van der Waals surface area contributed by atoms with Gasteiger partial charge in [0.25, 0.3) is 0 Å². The molecule has 1 aromatic heterocycles. The van der Waals surface area contributed by atoms with Crippen molar-refractivity contribution in [2.24, 2.45) is 0 Å². The fraction of sp³-hybridized carbons (Fsp3) is 0.0526. The number of anilines is 6. The average molecular weight is 801 g/mol. The number of para-hydroxylation sites is 3. The van der Waals surface area contributed by atoms with E-state index in [-0.39, 0.29) is 5.41 Å². The van der Waals surface area contributed by atoms with E-state index >= 15 is 0 Å². The van der Waals surface area contributed by atoms with Crippen LogP contribution in [0.3, 0.4) is 0 Å². The first-order valence-corrected chi connectivity index (χ1v) is 21.7. The zero-order valence-corrected chi connectivity index (χ0v) is 34.7. The van der Waals surface area contributed by atoms with Crippen LogP contribution < -0.4 is 14.5 Å². The number of ether oxygens (including phenoxy) is 1. The van der Waals surface area contributed by atoms with E-state index in [1.165, 1.54) is 53.6 Å². The summed E-state index contributed by atoms with van der Waals surface area (Å²) in [5.74, 6) is 1.67. The summed E-state index contributed by atoms with van der Waals surface area (Å²) in [7, 11) is 0. The van der Waals surface area contributed by atoms with Crippen LogP contribution in [0.1, 0.15) is 25.0 Å². The molecule has 4 heteroatoms. The summed E-state index contributed by atoms with van der Waals surface area (Å²) in [5, 5.41) is 2.63. The molecule has 0 N–H and O–H groups in total. The Labute approximate surface area is 360 Å². The molecule has 0 bridgehead atoms. The van der Waals surface area contributed by atoms with Crippen LogP contribution in [0.25, 0.3) is 53.6 Å². The SMILES string of the molecule is CC1(C)c2ccccc2-c2ccc(N(c3ccc(-c4ccc5c(c4)Oc4ccccc4N5c4ccccc4)cc3)c3ccc(-c4cccc5c4sc4ccccc45)cc3)cc21. The molecule has 2 aliphatic rings. The van der Waals surface area contributed by atoms with Gasteiger partial charge in [0.2, 0.25) is 0 Å². The van der Waals surface area contributed by atoms with Gasteiger partial charge < -0.3 is 14.5 Å². The number of hydrogen-bond donors (Lipinski definition) is 0. The Balaban J connectivity index is 0.939. The number of thiophene rings is 1. The first-order chi connectivity index (χ1) is 30.0. The molecule has 2 heterocycles. The number of hydrogen-bond acceptors (Lipinski definition) is 4. The predicted molar refractivity (Wildman–Crippen MR) is 257 cm³/mol. The maximum absolute atomic E-state index is 6.58. The molecule has 290 valence electrons. The van der Waals surface area contributed by atoms with Gasteiger partial charge in [-0.25, -0.2) is 0 Å². The lowest BCUT2D eigenvalue weighted by Gasteiger charge is -2.33. The summed E-state index contributed by atoms with van der Waals surface area (Å²) in [5.41, 5.74) is 16.4. The highest BCUT2D eigenvalue weighted by atomic mass is 32.1. The summed E-state index contributed by atoms with van der Waals surface area (Å²) in [6, 6.07) is 74.7. The highest BCUT2D eigenvalue weighted by Crippen LogP contribution is 2.53. The minimum atomic E-state index is -0.116. The monoisotopic (exact) mass is 800 g/mol. The standard InChI is InChI=1S/C57H40N2OS/c1-57(2)49-19-8-6-15-45(49)46-33-32-43(36-50(46)57)58(42-30-25-38(26-31-42)44-17-12-18-48-47-16-7-11-22-55(47)61-56(44)48)41-28-23-37(24-29-41)39-27-34-52-54(35-39)60-53-21-10-9-20-51(53)59(52)40-13-4-3-5-14-40/h3-36H,1-2H3. The van der Waals surface area contributed by atoms with Crippen LogP contribution in [0.5, 0.6) is 11.5 Å². The molecule has 0 unspecified atom stereocenters. The third-order valence-electron chi connectivity index (χ3n) is 12.7. The van der Waals surface area contributed by atoms with E-state index in [4.69, 9.17) is 4.74 Å².